The molecular formula is C16H25N5O4. The van der Waals surface area contributed by atoms with E-state index in [9.17, 15) is 9.59 Å². The molecule has 0 atom stereocenters. The van der Waals surface area contributed by atoms with Crippen molar-refractivity contribution in [3.63, 3.8) is 0 Å². The highest BCUT2D eigenvalue weighted by Gasteiger charge is 2.23. The molecule has 9 heteroatoms. The molecule has 1 saturated heterocycles. The first-order valence-corrected chi connectivity index (χ1v) is 8.29. The minimum Gasteiger partial charge on any atom is -0.450 e. The van der Waals surface area contributed by atoms with Crippen molar-refractivity contribution in [2.45, 2.75) is 33.3 Å². The molecule has 0 aliphatic carbocycles. The molecule has 1 aliphatic heterocycles. The first-order valence-electron chi connectivity index (χ1n) is 8.29. The van der Waals surface area contributed by atoms with Gasteiger partial charge in [-0.05, 0) is 39.8 Å². The monoisotopic (exact) mass is 351 g/mol. The molecule has 1 aromatic heterocycles. The van der Waals surface area contributed by atoms with Crippen LogP contribution in [-0.2, 0) is 9.47 Å². The molecule has 1 aliphatic rings. The lowest BCUT2D eigenvalue weighted by Gasteiger charge is -2.34. The number of piperazine rings is 1. The molecule has 2 heterocycles. The molecule has 9 nitrogen and oxygen atoms in total. The summed E-state index contributed by atoms with van der Waals surface area (Å²) in [6.07, 6.45) is -0.859. The minimum atomic E-state index is -0.573. The molecule has 0 radical (unpaired) electrons. The summed E-state index contributed by atoms with van der Waals surface area (Å²) in [5, 5.41) is 10.7. The number of carbonyl (C=O) groups is 2. The lowest BCUT2D eigenvalue weighted by atomic mass is 10.2. The van der Waals surface area contributed by atoms with E-state index in [-0.39, 0.29) is 6.09 Å². The Labute approximate surface area is 147 Å². The van der Waals surface area contributed by atoms with E-state index >= 15 is 0 Å². The second-order valence-electron chi connectivity index (χ2n) is 6.58. The van der Waals surface area contributed by atoms with Crippen LogP contribution >= 0.6 is 0 Å². The molecule has 0 spiro atoms. The van der Waals surface area contributed by atoms with Crippen molar-refractivity contribution in [3.8, 4) is 0 Å². The maximum Gasteiger partial charge on any atom is 0.413 e. The fourth-order valence-corrected chi connectivity index (χ4v) is 2.30. The van der Waals surface area contributed by atoms with Gasteiger partial charge in [0.25, 0.3) is 0 Å². The van der Waals surface area contributed by atoms with Crippen LogP contribution in [0.25, 0.3) is 0 Å². The number of anilines is 2. The van der Waals surface area contributed by atoms with E-state index in [0.29, 0.717) is 44.4 Å². The largest absolute Gasteiger partial charge is 0.450 e. The molecule has 1 fully saturated rings. The second-order valence-corrected chi connectivity index (χ2v) is 6.58. The molecule has 138 valence electrons. The molecular weight excluding hydrogens is 326 g/mol. The van der Waals surface area contributed by atoms with Crippen LogP contribution < -0.4 is 10.2 Å². The van der Waals surface area contributed by atoms with Crippen LogP contribution in [0.15, 0.2) is 12.1 Å². The van der Waals surface area contributed by atoms with E-state index in [1.807, 2.05) is 4.90 Å². The number of hydrogen-bond acceptors (Lipinski definition) is 7. The van der Waals surface area contributed by atoms with Crippen LogP contribution in [0.2, 0.25) is 0 Å². The molecule has 2 rings (SSSR count). The molecule has 0 bridgehead atoms. The van der Waals surface area contributed by atoms with Crippen molar-refractivity contribution in [2.75, 3.05) is 43.0 Å². The summed E-state index contributed by atoms with van der Waals surface area (Å²) in [4.78, 5) is 27.1. The smallest absolute Gasteiger partial charge is 0.413 e. The van der Waals surface area contributed by atoms with Gasteiger partial charge in [-0.15, -0.1) is 10.2 Å². The van der Waals surface area contributed by atoms with Gasteiger partial charge in [0.1, 0.15) is 5.60 Å². The van der Waals surface area contributed by atoms with E-state index in [0.717, 1.165) is 0 Å². The number of rotatable bonds is 3. The lowest BCUT2D eigenvalue weighted by molar-refractivity contribution is 0.0635. The van der Waals surface area contributed by atoms with Crippen LogP contribution in [0.4, 0.5) is 21.2 Å². The average molecular weight is 351 g/mol. The van der Waals surface area contributed by atoms with Gasteiger partial charge in [0.15, 0.2) is 11.6 Å². The average Bonchev–Trinajstić information content (AvgIpc) is 2.54. The topological polar surface area (TPSA) is 96.9 Å². The number of ether oxygens (including phenoxy) is 2. The zero-order chi connectivity index (χ0) is 18.4. The van der Waals surface area contributed by atoms with E-state index in [2.05, 4.69) is 15.5 Å². The number of hydrogen-bond donors (Lipinski definition) is 1. The second kappa shape index (κ2) is 8.00. The summed E-state index contributed by atoms with van der Waals surface area (Å²) in [7, 11) is 0. The SMILES string of the molecule is CCOC(=O)N1CCN(c2ccc(NC(=O)OC(C)(C)C)nn2)CC1. The number of amides is 2. The predicted octanol–water partition coefficient (Wildman–Crippen LogP) is 2.10. The van der Waals surface area contributed by atoms with Crippen molar-refractivity contribution in [2.24, 2.45) is 0 Å². The first-order chi connectivity index (χ1) is 11.8. The van der Waals surface area contributed by atoms with E-state index in [1.54, 1.807) is 44.7 Å². The van der Waals surface area contributed by atoms with Gasteiger partial charge >= 0.3 is 12.2 Å². The third kappa shape index (κ3) is 5.77. The molecule has 25 heavy (non-hydrogen) atoms. The van der Waals surface area contributed by atoms with Crippen molar-refractivity contribution in [1.82, 2.24) is 15.1 Å². The number of aromatic nitrogens is 2. The molecule has 0 unspecified atom stereocenters. The minimum absolute atomic E-state index is 0.287. The van der Waals surface area contributed by atoms with Crippen molar-refractivity contribution in [1.29, 1.82) is 0 Å². The van der Waals surface area contributed by atoms with E-state index in [4.69, 9.17) is 9.47 Å². The van der Waals surface area contributed by atoms with Crippen LogP contribution in [0, 0.1) is 0 Å². The van der Waals surface area contributed by atoms with Gasteiger partial charge in [-0.1, -0.05) is 0 Å². The van der Waals surface area contributed by atoms with Crippen LogP contribution in [0.5, 0.6) is 0 Å². The zero-order valence-electron chi connectivity index (χ0n) is 15.1. The molecule has 2 amide bonds. The molecule has 0 saturated carbocycles. The summed E-state index contributed by atoms with van der Waals surface area (Å²) in [5.41, 5.74) is -0.573. The predicted molar refractivity (Wildman–Crippen MR) is 92.7 cm³/mol. The Morgan fingerprint density at radius 1 is 1.16 bits per heavy atom. The van der Waals surface area contributed by atoms with Gasteiger partial charge in [-0.25, -0.2) is 9.59 Å². The quantitative estimate of drug-likeness (QED) is 0.890. The standard InChI is InChI=1S/C16H25N5O4/c1-5-24-15(23)21-10-8-20(9-11-21)13-7-6-12(18-19-13)17-14(22)25-16(2,3)4/h6-7H,5,8-11H2,1-4H3,(H,17,18,22). The van der Waals surface area contributed by atoms with E-state index < -0.39 is 11.7 Å². The highest BCUT2D eigenvalue weighted by molar-refractivity contribution is 5.83. The summed E-state index contributed by atoms with van der Waals surface area (Å²) in [5.74, 6) is 1.02. The summed E-state index contributed by atoms with van der Waals surface area (Å²) in [6, 6.07) is 3.45. The summed E-state index contributed by atoms with van der Waals surface area (Å²) >= 11 is 0. The van der Waals surface area contributed by atoms with Crippen LogP contribution in [0.1, 0.15) is 27.7 Å². The Kier molecular flexibility index (Phi) is 6.00. The van der Waals surface area contributed by atoms with Crippen molar-refractivity contribution < 1.29 is 19.1 Å². The maximum absolute atomic E-state index is 11.7. The Morgan fingerprint density at radius 3 is 2.36 bits per heavy atom. The van der Waals surface area contributed by atoms with Crippen molar-refractivity contribution in [3.05, 3.63) is 12.1 Å². The fraction of sp³-hybridized carbons (Fsp3) is 0.625. The van der Waals surface area contributed by atoms with Gasteiger partial charge in [-0.2, -0.15) is 0 Å². The zero-order valence-corrected chi connectivity index (χ0v) is 15.1. The highest BCUT2D eigenvalue weighted by Crippen LogP contribution is 2.15. The fourth-order valence-electron chi connectivity index (χ4n) is 2.30. The third-order valence-electron chi connectivity index (χ3n) is 3.41. The Balaban J connectivity index is 1.86. The number of nitrogens with one attached hydrogen (secondary N) is 1. The number of nitrogens with zero attached hydrogens (tertiary/aromatic N) is 4. The number of carbonyl (C=O) groups excluding carboxylic acids is 2. The van der Waals surface area contributed by atoms with Gasteiger partial charge in [0, 0.05) is 26.2 Å². The summed E-state index contributed by atoms with van der Waals surface area (Å²) in [6.45, 7) is 9.95. The van der Waals surface area contributed by atoms with E-state index in [1.165, 1.54) is 0 Å². The maximum atomic E-state index is 11.7. The normalized spacial score (nSPS) is 14.9. The van der Waals surface area contributed by atoms with Gasteiger partial charge < -0.3 is 19.3 Å². The lowest BCUT2D eigenvalue weighted by Crippen LogP contribution is -2.49. The first kappa shape index (κ1) is 18.8. The third-order valence-corrected chi connectivity index (χ3v) is 3.41. The Morgan fingerprint density at radius 2 is 1.84 bits per heavy atom. The van der Waals surface area contributed by atoms with Crippen LogP contribution in [0.3, 0.4) is 0 Å². The van der Waals surface area contributed by atoms with Gasteiger partial charge in [0.2, 0.25) is 0 Å². The molecule has 0 aromatic carbocycles. The molecule has 1 aromatic rings. The Bertz CT molecular complexity index is 592. The Hall–Kier alpha value is -2.58. The van der Waals surface area contributed by atoms with Gasteiger partial charge in [-0.3, -0.25) is 5.32 Å². The highest BCUT2D eigenvalue weighted by atomic mass is 16.6. The van der Waals surface area contributed by atoms with Crippen molar-refractivity contribution >= 4 is 23.8 Å². The molecule has 1 N–H and O–H groups in total. The van der Waals surface area contributed by atoms with Gasteiger partial charge in [0.05, 0.1) is 6.61 Å². The summed E-state index contributed by atoms with van der Waals surface area (Å²) < 4.78 is 10.2. The van der Waals surface area contributed by atoms with Crippen LogP contribution in [-0.4, -0.2) is 65.7 Å².